The molecule has 3 heterocycles. The molecular weight excluding hydrogens is 438 g/mol. The van der Waals surface area contributed by atoms with E-state index in [1.165, 1.54) is 50.9 Å². The third-order valence-corrected chi connectivity index (χ3v) is 8.37. The third kappa shape index (κ3) is 7.28. The molecule has 1 aromatic carbocycles. The van der Waals surface area contributed by atoms with Gasteiger partial charge in [-0.25, -0.2) is 0 Å². The molecule has 196 valence electrons. The summed E-state index contributed by atoms with van der Waals surface area (Å²) in [6, 6.07) is 6.30. The minimum atomic E-state index is -0.383. The molecule has 0 aromatic heterocycles. The molecule has 2 unspecified atom stereocenters. The van der Waals surface area contributed by atoms with Gasteiger partial charge in [-0.3, -0.25) is 9.69 Å². The molecule has 2 fully saturated rings. The maximum atomic E-state index is 13.0. The first-order valence-corrected chi connectivity index (χ1v) is 14.2. The lowest BCUT2D eigenvalue weighted by molar-refractivity contribution is 0.0653. The lowest BCUT2D eigenvalue weighted by atomic mass is 9.80. The van der Waals surface area contributed by atoms with Crippen LogP contribution in [0.15, 0.2) is 18.2 Å². The number of ether oxygens (including phenoxy) is 1. The van der Waals surface area contributed by atoms with Gasteiger partial charge in [0.05, 0.1) is 25.9 Å². The monoisotopic (exact) mass is 485 g/mol. The molecule has 0 spiro atoms. The van der Waals surface area contributed by atoms with Gasteiger partial charge < -0.3 is 19.6 Å². The van der Waals surface area contributed by atoms with Gasteiger partial charge in [-0.2, -0.15) is 0 Å². The van der Waals surface area contributed by atoms with Crippen LogP contribution < -0.4 is 4.90 Å². The highest BCUT2D eigenvalue weighted by Gasteiger charge is 2.28. The molecule has 35 heavy (non-hydrogen) atoms. The molecule has 4 rings (SSSR count). The molecule has 3 aliphatic rings. The predicted molar refractivity (Wildman–Crippen MR) is 142 cm³/mol. The zero-order valence-corrected chi connectivity index (χ0v) is 22.1. The van der Waals surface area contributed by atoms with Gasteiger partial charge in [0, 0.05) is 50.5 Å². The summed E-state index contributed by atoms with van der Waals surface area (Å²) < 4.78 is 5.48. The van der Waals surface area contributed by atoms with E-state index in [9.17, 15) is 9.90 Å². The number of hydrogen-bond acceptors (Lipinski definition) is 6. The Balaban J connectivity index is 1.26. The van der Waals surface area contributed by atoms with Crippen LogP contribution >= 0.6 is 0 Å². The van der Waals surface area contributed by atoms with Crippen molar-refractivity contribution in [2.75, 3.05) is 70.5 Å². The van der Waals surface area contributed by atoms with E-state index in [-0.39, 0.29) is 11.9 Å². The second-order valence-corrected chi connectivity index (χ2v) is 11.0. The fraction of sp³-hybridized carbons (Fsp3) is 0.759. The fourth-order valence-electron chi connectivity index (χ4n) is 6.41. The Hall–Kier alpha value is -1.47. The second-order valence-electron chi connectivity index (χ2n) is 11.0. The summed E-state index contributed by atoms with van der Waals surface area (Å²) in [7, 11) is 0. The number of β-amino-alcohol motifs (C(OH)–C–C–N with tert-alkyl or cyclic N) is 1. The topological polar surface area (TPSA) is 56.3 Å². The molecule has 2 saturated heterocycles. The molecule has 1 aromatic rings. The van der Waals surface area contributed by atoms with Gasteiger partial charge in [-0.05, 0) is 67.8 Å². The van der Waals surface area contributed by atoms with E-state index in [0.29, 0.717) is 13.1 Å². The molecule has 0 radical (unpaired) electrons. The lowest BCUT2D eigenvalue weighted by Gasteiger charge is -2.39. The van der Waals surface area contributed by atoms with E-state index in [4.69, 9.17) is 4.74 Å². The van der Waals surface area contributed by atoms with Crippen molar-refractivity contribution in [1.29, 1.82) is 0 Å². The second kappa shape index (κ2) is 13.2. The van der Waals surface area contributed by atoms with Crippen LogP contribution in [0.25, 0.3) is 0 Å². The molecule has 0 bridgehead atoms. The number of Topliss-reactive ketones (excluding diaryl/α,β-unsaturated/α-hetero) is 1. The third-order valence-electron chi connectivity index (χ3n) is 8.37. The number of morpholine rings is 1. The molecule has 0 saturated carbocycles. The Morgan fingerprint density at radius 1 is 1.03 bits per heavy atom. The van der Waals surface area contributed by atoms with Gasteiger partial charge in [-0.15, -0.1) is 0 Å². The number of anilines is 1. The Labute approximate surface area is 212 Å². The summed E-state index contributed by atoms with van der Waals surface area (Å²) in [4.78, 5) is 20.1. The molecule has 3 aliphatic heterocycles. The van der Waals surface area contributed by atoms with Crippen molar-refractivity contribution in [1.82, 2.24) is 9.80 Å². The number of ketones is 1. The lowest BCUT2D eigenvalue weighted by Crippen LogP contribution is -2.43. The number of carbonyl (C=O) groups excluding carboxylic acids is 1. The van der Waals surface area contributed by atoms with E-state index in [0.717, 1.165) is 75.2 Å². The van der Waals surface area contributed by atoms with Crippen LogP contribution in [0.4, 0.5) is 5.69 Å². The van der Waals surface area contributed by atoms with Crippen molar-refractivity contribution in [2.24, 2.45) is 11.8 Å². The molecule has 0 aliphatic carbocycles. The highest BCUT2D eigenvalue weighted by Crippen LogP contribution is 2.31. The van der Waals surface area contributed by atoms with Gasteiger partial charge in [0.2, 0.25) is 0 Å². The Morgan fingerprint density at radius 3 is 2.57 bits per heavy atom. The number of hydrogen-bond donors (Lipinski definition) is 1. The quantitative estimate of drug-likeness (QED) is 0.543. The maximum Gasteiger partial charge on any atom is 0.177 e. The molecule has 1 N–H and O–H groups in total. The number of benzene rings is 1. The van der Waals surface area contributed by atoms with Crippen molar-refractivity contribution in [3.8, 4) is 0 Å². The fourth-order valence-corrected chi connectivity index (χ4v) is 6.41. The highest BCUT2D eigenvalue weighted by molar-refractivity contribution is 5.99. The molecular formula is C29H47N3O3. The van der Waals surface area contributed by atoms with Crippen LogP contribution in [0, 0.1) is 11.8 Å². The molecule has 6 heteroatoms. The minimum absolute atomic E-state index is 0.179. The molecule has 3 atom stereocenters. The number of rotatable bonds is 10. The van der Waals surface area contributed by atoms with E-state index >= 15 is 0 Å². The van der Waals surface area contributed by atoms with E-state index in [2.05, 4.69) is 40.7 Å². The average molecular weight is 486 g/mol. The summed E-state index contributed by atoms with van der Waals surface area (Å²) in [5, 5.41) is 10.8. The normalized spacial score (nSPS) is 25.3. The standard InChI is InChI=1S/C29H47N3O3/c1-3-5-23-9-12-30(20-25(23)6-4-2)14-11-27(33)21-31-13-10-24-19-26(32-15-17-35-18-16-32)7-8-28(24)29(34)22-31/h7-8,19,23,25,27,33H,3-6,9-18,20-22H2,1-2H3/t23?,25?,27-/m1/s1. The first-order chi connectivity index (χ1) is 17.1. The van der Waals surface area contributed by atoms with Crippen LogP contribution in [0.1, 0.15) is 68.3 Å². The number of piperidine rings is 1. The van der Waals surface area contributed by atoms with Gasteiger partial charge in [0.15, 0.2) is 5.78 Å². The summed E-state index contributed by atoms with van der Waals surface area (Å²) in [6.45, 7) is 13.1. The molecule has 6 nitrogen and oxygen atoms in total. The van der Waals surface area contributed by atoms with Crippen LogP contribution in [0.5, 0.6) is 0 Å². The van der Waals surface area contributed by atoms with Gasteiger partial charge >= 0.3 is 0 Å². The van der Waals surface area contributed by atoms with E-state index < -0.39 is 0 Å². The zero-order chi connectivity index (χ0) is 24.6. The number of carbonyl (C=O) groups is 1. The van der Waals surface area contributed by atoms with E-state index in [1.807, 2.05) is 6.07 Å². The van der Waals surface area contributed by atoms with Crippen molar-refractivity contribution in [3.05, 3.63) is 29.3 Å². The first-order valence-electron chi connectivity index (χ1n) is 14.2. The van der Waals surface area contributed by atoms with Gasteiger partial charge in [-0.1, -0.05) is 33.1 Å². The number of aliphatic hydroxyl groups excluding tert-OH is 1. The van der Waals surface area contributed by atoms with Crippen LogP contribution in [0.2, 0.25) is 0 Å². The number of nitrogens with zero attached hydrogens (tertiary/aromatic N) is 3. The SMILES string of the molecule is CCCC1CCN(CC[C@@H](O)CN2CCc3cc(N4CCOCC4)ccc3C(=O)C2)CC1CCC. The van der Waals surface area contributed by atoms with Crippen LogP contribution in [-0.4, -0.2) is 92.4 Å². The van der Waals surface area contributed by atoms with Crippen molar-refractivity contribution < 1.29 is 14.6 Å². The van der Waals surface area contributed by atoms with Crippen molar-refractivity contribution >= 4 is 11.5 Å². The van der Waals surface area contributed by atoms with E-state index in [1.54, 1.807) is 0 Å². The Kier molecular flexibility index (Phi) is 10.0. The number of likely N-dealkylation sites (tertiary alicyclic amines) is 1. The van der Waals surface area contributed by atoms with Gasteiger partial charge in [0.1, 0.15) is 0 Å². The van der Waals surface area contributed by atoms with Gasteiger partial charge in [0.25, 0.3) is 0 Å². The van der Waals surface area contributed by atoms with Crippen molar-refractivity contribution in [3.63, 3.8) is 0 Å². The summed E-state index contributed by atoms with van der Waals surface area (Å²) >= 11 is 0. The Morgan fingerprint density at radius 2 is 1.80 bits per heavy atom. The summed E-state index contributed by atoms with van der Waals surface area (Å²) in [6.07, 6.45) is 7.81. The van der Waals surface area contributed by atoms with Crippen LogP contribution in [0.3, 0.4) is 0 Å². The predicted octanol–water partition coefficient (Wildman–Crippen LogP) is 3.85. The van der Waals surface area contributed by atoms with Crippen LogP contribution in [-0.2, 0) is 11.2 Å². The largest absolute Gasteiger partial charge is 0.392 e. The first kappa shape index (κ1) is 26.6. The number of fused-ring (bicyclic) bond motifs is 1. The summed E-state index contributed by atoms with van der Waals surface area (Å²) in [5.74, 6) is 1.88. The average Bonchev–Trinajstić information content (AvgIpc) is 3.03. The molecule has 0 amide bonds. The number of aliphatic hydroxyl groups is 1. The van der Waals surface area contributed by atoms with Crippen molar-refractivity contribution in [2.45, 2.75) is 64.9 Å². The minimum Gasteiger partial charge on any atom is -0.392 e. The smallest absolute Gasteiger partial charge is 0.177 e. The summed E-state index contributed by atoms with van der Waals surface area (Å²) in [5.41, 5.74) is 3.20. The zero-order valence-electron chi connectivity index (χ0n) is 22.1. The highest BCUT2D eigenvalue weighted by atomic mass is 16.5. The Bertz CT molecular complexity index is 810. The maximum absolute atomic E-state index is 13.0.